The molecule has 2 aromatic carbocycles. The number of hydrogen-bond donors (Lipinski definition) is 4. The van der Waals surface area contributed by atoms with Crippen molar-refractivity contribution >= 4 is 55.0 Å². The molecule has 2 aromatic heterocycles. The molecule has 0 bridgehead atoms. The summed E-state index contributed by atoms with van der Waals surface area (Å²) in [5.74, 6) is 0. The van der Waals surface area contributed by atoms with Crippen molar-refractivity contribution < 1.29 is 0 Å². The molecule has 0 aliphatic heterocycles. The van der Waals surface area contributed by atoms with Gasteiger partial charge in [-0.25, -0.2) is 0 Å². The van der Waals surface area contributed by atoms with Crippen LogP contribution in [0.2, 0.25) is 0 Å². The average molecular weight is 381 g/mol. The fourth-order valence-corrected chi connectivity index (χ4v) is 4.80. The topological polar surface area (TPSA) is 104 Å². The highest BCUT2D eigenvalue weighted by Gasteiger charge is 2.06. The normalized spacial score (nSPS) is 12.4. The molecular weight excluding hydrogens is 360 g/mol. The third kappa shape index (κ3) is 3.43. The predicted octanol–water partition coefficient (Wildman–Crippen LogP) is 4.12. The van der Waals surface area contributed by atoms with Gasteiger partial charge in [-0.3, -0.25) is 0 Å². The zero-order valence-corrected chi connectivity index (χ0v) is 15.7. The molecule has 0 unspecified atom stereocenters. The van der Waals surface area contributed by atoms with Crippen molar-refractivity contribution in [3.05, 3.63) is 69.4 Å². The van der Waals surface area contributed by atoms with Crippen molar-refractivity contribution in [2.75, 3.05) is 0 Å². The standard InChI is InChI=1S/C20H20N4S2/c21-19(22)11-1-5-17-13(7-11)9-15(25-17)3-4-16-10-14-8-12(20(23)24)2-6-18(14)26-16/h1-10,19-20H,21-24H2/b4-3+. The Bertz CT molecular complexity index is 1020. The molecule has 2 heterocycles. The van der Waals surface area contributed by atoms with E-state index in [1.807, 2.05) is 12.1 Å². The van der Waals surface area contributed by atoms with E-state index in [2.05, 4.69) is 48.6 Å². The number of benzene rings is 2. The van der Waals surface area contributed by atoms with Gasteiger partial charge in [0.25, 0.3) is 0 Å². The van der Waals surface area contributed by atoms with Gasteiger partial charge in [0, 0.05) is 19.2 Å². The van der Waals surface area contributed by atoms with Crippen molar-refractivity contribution in [2.45, 2.75) is 12.3 Å². The summed E-state index contributed by atoms with van der Waals surface area (Å²) in [6, 6.07) is 16.6. The minimum absolute atomic E-state index is 0.441. The highest BCUT2D eigenvalue weighted by atomic mass is 32.1. The molecule has 0 amide bonds. The number of nitrogens with two attached hydrogens (primary N) is 4. The molecule has 0 aliphatic carbocycles. The third-order valence-electron chi connectivity index (χ3n) is 4.30. The van der Waals surface area contributed by atoms with E-state index in [1.165, 1.54) is 29.9 Å². The fraction of sp³-hybridized carbons (Fsp3) is 0.100. The summed E-state index contributed by atoms with van der Waals surface area (Å²) in [6.07, 6.45) is 3.41. The molecule has 6 heteroatoms. The van der Waals surface area contributed by atoms with Crippen LogP contribution in [0.5, 0.6) is 0 Å². The van der Waals surface area contributed by atoms with E-state index in [0.717, 1.165) is 11.1 Å². The maximum absolute atomic E-state index is 5.77. The van der Waals surface area contributed by atoms with E-state index < -0.39 is 12.3 Å². The monoisotopic (exact) mass is 380 g/mol. The lowest BCUT2D eigenvalue weighted by Gasteiger charge is -2.04. The lowest BCUT2D eigenvalue weighted by Crippen LogP contribution is -2.19. The van der Waals surface area contributed by atoms with Crippen molar-refractivity contribution in [3.63, 3.8) is 0 Å². The summed E-state index contributed by atoms with van der Waals surface area (Å²) >= 11 is 3.51. The molecule has 132 valence electrons. The summed E-state index contributed by atoms with van der Waals surface area (Å²) in [6.45, 7) is 0. The zero-order valence-electron chi connectivity index (χ0n) is 14.1. The van der Waals surface area contributed by atoms with E-state index in [-0.39, 0.29) is 0 Å². The van der Waals surface area contributed by atoms with Crippen LogP contribution in [-0.4, -0.2) is 0 Å². The second-order valence-corrected chi connectivity index (χ2v) is 8.51. The molecule has 0 atom stereocenters. The summed E-state index contributed by atoms with van der Waals surface area (Å²) in [7, 11) is 0. The number of rotatable bonds is 4. The molecule has 0 spiro atoms. The van der Waals surface area contributed by atoms with E-state index in [4.69, 9.17) is 22.9 Å². The second kappa shape index (κ2) is 6.92. The molecule has 0 aliphatic rings. The minimum atomic E-state index is -0.441. The first-order chi connectivity index (χ1) is 12.5. The Morgan fingerprint density at radius 3 is 1.42 bits per heavy atom. The fourth-order valence-electron chi connectivity index (χ4n) is 2.91. The third-order valence-corrected chi connectivity index (χ3v) is 6.46. The summed E-state index contributed by atoms with van der Waals surface area (Å²) in [5, 5.41) is 2.34. The SMILES string of the molecule is NC(N)c1ccc2sc(/C=C/c3cc4cc(C(N)N)ccc4s3)cc2c1. The van der Waals surface area contributed by atoms with Crippen molar-refractivity contribution in [2.24, 2.45) is 22.9 Å². The Morgan fingerprint density at radius 2 is 1.04 bits per heavy atom. The lowest BCUT2D eigenvalue weighted by molar-refractivity contribution is 0.775. The lowest BCUT2D eigenvalue weighted by atomic mass is 10.1. The zero-order chi connectivity index (χ0) is 18.3. The van der Waals surface area contributed by atoms with Crippen LogP contribution < -0.4 is 22.9 Å². The van der Waals surface area contributed by atoms with Gasteiger partial charge in [-0.05, 0) is 70.4 Å². The van der Waals surface area contributed by atoms with Gasteiger partial charge in [0.1, 0.15) is 0 Å². The maximum atomic E-state index is 5.77. The summed E-state index contributed by atoms with van der Waals surface area (Å²) in [5.41, 5.74) is 25.0. The van der Waals surface area contributed by atoms with E-state index in [9.17, 15) is 0 Å². The smallest absolute Gasteiger partial charge is 0.0784 e. The van der Waals surface area contributed by atoms with Crippen molar-refractivity contribution in [1.29, 1.82) is 0 Å². The van der Waals surface area contributed by atoms with Gasteiger partial charge in [-0.1, -0.05) is 12.1 Å². The first-order valence-corrected chi connectivity index (χ1v) is 9.90. The molecule has 4 rings (SSSR count). The first-order valence-electron chi connectivity index (χ1n) is 8.27. The van der Waals surface area contributed by atoms with Crippen LogP contribution in [-0.2, 0) is 0 Å². The number of fused-ring (bicyclic) bond motifs is 2. The minimum Gasteiger partial charge on any atom is -0.312 e. The van der Waals surface area contributed by atoms with Crippen molar-refractivity contribution in [1.82, 2.24) is 0 Å². The molecule has 26 heavy (non-hydrogen) atoms. The molecule has 0 fully saturated rings. The van der Waals surface area contributed by atoms with E-state index in [0.29, 0.717) is 0 Å². The molecule has 0 radical (unpaired) electrons. The van der Waals surface area contributed by atoms with Gasteiger partial charge in [-0.2, -0.15) is 0 Å². The average Bonchev–Trinajstić information content (AvgIpc) is 3.21. The molecule has 4 aromatic rings. The predicted molar refractivity (Wildman–Crippen MR) is 115 cm³/mol. The Kier molecular flexibility index (Phi) is 4.62. The number of thiophene rings is 2. The van der Waals surface area contributed by atoms with E-state index >= 15 is 0 Å². The maximum Gasteiger partial charge on any atom is 0.0784 e. The highest BCUT2D eigenvalue weighted by Crippen LogP contribution is 2.31. The molecule has 0 saturated carbocycles. The van der Waals surface area contributed by atoms with E-state index in [1.54, 1.807) is 22.7 Å². The highest BCUT2D eigenvalue weighted by molar-refractivity contribution is 7.20. The summed E-state index contributed by atoms with van der Waals surface area (Å²) in [4.78, 5) is 2.40. The van der Waals surface area contributed by atoms with Crippen LogP contribution in [0.4, 0.5) is 0 Å². The second-order valence-electron chi connectivity index (χ2n) is 6.28. The van der Waals surface area contributed by atoms with Crippen LogP contribution in [0, 0.1) is 0 Å². The van der Waals surface area contributed by atoms with Gasteiger partial charge in [0.15, 0.2) is 0 Å². The van der Waals surface area contributed by atoms with Gasteiger partial charge < -0.3 is 22.9 Å². The largest absolute Gasteiger partial charge is 0.312 e. The molecular formula is C20H20N4S2. The molecule has 4 nitrogen and oxygen atoms in total. The Morgan fingerprint density at radius 1 is 0.615 bits per heavy atom. The van der Waals surface area contributed by atoms with Crippen molar-refractivity contribution in [3.8, 4) is 0 Å². The molecule has 8 N–H and O–H groups in total. The quantitative estimate of drug-likeness (QED) is 0.400. The van der Waals surface area contributed by atoms with Gasteiger partial charge >= 0.3 is 0 Å². The Labute approximate surface area is 159 Å². The Balaban J connectivity index is 1.63. The van der Waals surface area contributed by atoms with Gasteiger partial charge in [0.05, 0.1) is 12.3 Å². The van der Waals surface area contributed by atoms with Crippen LogP contribution in [0.15, 0.2) is 48.5 Å². The first kappa shape index (κ1) is 17.4. The Hall–Kier alpha value is -2.06. The van der Waals surface area contributed by atoms with Crippen LogP contribution in [0.3, 0.4) is 0 Å². The number of hydrogen-bond acceptors (Lipinski definition) is 6. The molecule has 0 saturated heterocycles. The summed E-state index contributed by atoms with van der Waals surface area (Å²) < 4.78 is 2.46. The van der Waals surface area contributed by atoms with Gasteiger partial charge in [-0.15, -0.1) is 22.7 Å². The van der Waals surface area contributed by atoms with Crippen LogP contribution >= 0.6 is 22.7 Å². The van der Waals surface area contributed by atoms with Crippen LogP contribution in [0.1, 0.15) is 33.2 Å². The van der Waals surface area contributed by atoms with Crippen LogP contribution in [0.25, 0.3) is 32.3 Å². The van der Waals surface area contributed by atoms with Gasteiger partial charge in [0.2, 0.25) is 0 Å².